The first-order valence-corrected chi connectivity index (χ1v) is 5.55. The van der Waals surface area contributed by atoms with Gasteiger partial charge in [-0.3, -0.25) is 0 Å². The third-order valence-corrected chi connectivity index (χ3v) is 3.15. The van der Waals surface area contributed by atoms with Gasteiger partial charge in [0.15, 0.2) is 0 Å². The lowest BCUT2D eigenvalue weighted by Crippen LogP contribution is -2.12. The summed E-state index contributed by atoms with van der Waals surface area (Å²) in [6, 6.07) is 12.1. The molecule has 17 heavy (non-hydrogen) atoms. The Balaban J connectivity index is 2.07. The van der Waals surface area contributed by atoms with Crippen LogP contribution in [0.2, 0.25) is 0 Å². The molecule has 1 atom stereocenters. The molecule has 3 rings (SSSR count). The van der Waals surface area contributed by atoms with E-state index in [0.29, 0.717) is 6.54 Å². The van der Waals surface area contributed by atoms with Crippen molar-refractivity contribution >= 4 is 0 Å². The summed E-state index contributed by atoms with van der Waals surface area (Å²) in [6.07, 6.45) is 0. The Morgan fingerprint density at radius 3 is 2.82 bits per heavy atom. The average Bonchev–Trinajstić information content (AvgIpc) is 2.74. The first-order chi connectivity index (χ1) is 8.25. The van der Waals surface area contributed by atoms with Gasteiger partial charge in [0.2, 0.25) is 0 Å². The number of halogens is 1. The second-order valence-electron chi connectivity index (χ2n) is 4.22. The van der Waals surface area contributed by atoms with Crippen LogP contribution in [0.25, 0.3) is 0 Å². The summed E-state index contributed by atoms with van der Waals surface area (Å²) in [5.74, 6) is 0.0619. The van der Waals surface area contributed by atoms with Crippen LogP contribution in [0.4, 0.5) is 4.39 Å². The molecule has 0 spiro atoms. The topological polar surface area (TPSA) is 32.3 Å². The second-order valence-corrected chi connectivity index (χ2v) is 4.22. The summed E-state index contributed by atoms with van der Waals surface area (Å²) in [4.78, 5) is 0. The van der Waals surface area contributed by atoms with Gasteiger partial charge in [0, 0.05) is 12.1 Å². The van der Waals surface area contributed by atoms with Gasteiger partial charge in [-0.05, 0) is 29.3 Å². The van der Waals surface area contributed by atoms with Crippen molar-refractivity contribution in [3.05, 3.63) is 65.0 Å². The number of aromatic hydroxyl groups is 1. The van der Waals surface area contributed by atoms with Gasteiger partial charge in [0.25, 0.3) is 0 Å². The maximum absolute atomic E-state index is 13.6. The van der Waals surface area contributed by atoms with Crippen molar-refractivity contribution in [1.29, 1.82) is 0 Å². The quantitative estimate of drug-likeness (QED) is 0.788. The first kappa shape index (κ1) is 10.3. The minimum atomic E-state index is -0.169. The van der Waals surface area contributed by atoms with Crippen molar-refractivity contribution in [3.63, 3.8) is 0 Å². The van der Waals surface area contributed by atoms with Crippen LogP contribution in [-0.2, 0) is 6.54 Å². The lowest BCUT2D eigenvalue weighted by molar-refractivity contribution is 0.473. The van der Waals surface area contributed by atoms with Crippen molar-refractivity contribution in [2.45, 2.75) is 12.6 Å². The molecule has 0 saturated heterocycles. The molecule has 0 aliphatic carbocycles. The lowest BCUT2D eigenvalue weighted by atomic mass is 9.98. The Morgan fingerprint density at radius 2 is 2.00 bits per heavy atom. The van der Waals surface area contributed by atoms with Gasteiger partial charge in [-0.2, -0.15) is 0 Å². The summed E-state index contributed by atoms with van der Waals surface area (Å²) in [6.45, 7) is 0.530. The van der Waals surface area contributed by atoms with Crippen molar-refractivity contribution in [2.24, 2.45) is 0 Å². The van der Waals surface area contributed by atoms with E-state index < -0.39 is 0 Å². The van der Waals surface area contributed by atoms with E-state index in [4.69, 9.17) is 0 Å². The molecule has 1 unspecified atom stereocenters. The number of hydrogen-bond donors (Lipinski definition) is 2. The Hall–Kier alpha value is -1.87. The number of phenols is 1. The summed E-state index contributed by atoms with van der Waals surface area (Å²) in [7, 11) is 0. The van der Waals surface area contributed by atoms with Gasteiger partial charge < -0.3 is 10.4 Å². The van der Waals surface area contributed by atoms with E-state index in [1.165, 1.54) is 6.07 Å². The van der Waals surface area contributed by atoms with Gasteiger partial charge in [0.1, 0.15) is 11.6 Å². The van der Waals surface area contributed by atoms with Crippen LogP contribution in [-0.4, -0.2) is 5.11 Å². The van der Waals surface area contributed by atoms with E-state index in [2.05, 4.69) is 5.32 Å². The van der Waals surface area contributed by atoms with Gasteiger partial charge in [-0.15, -0.1) is 0 Å². The Kier molecular flexibility index (Phi) is 2.34. The zero-order valence-corrected chi connectivity index (χ0v) is 9.15. The van der Waals surface area contributed by atoms with Gasteiger partial charge in [-0.1, -0.05) is 24.3 Å². The van der Waals surface area contributed by atoms with Crippen molar-refractivity contribution in [2.75, 3.05) is 0 Å². The van der Waals surface area contributed by atoms with Crippen molar-refractivity contribution < 1.29 is 9.50 Å². The average molecular weight is 229 g/mol. The van der Waals surface area contributed by atoms with Crippen LogP contribution in [0.5, 0.6) is 5.75 Å². The summed E-state index contributed by atoms with van der Waals surface area (Å²) < 4.78 is 13.6. The van der Waals surface area contributed by atoms with Crippen LogP contribution < -0.4 is 5.32 Å². The fourth-order valence-corrected chi connectivity index (χ4v) is 2.35. The molecule has 1 aliphatic rings. The highest BCUT2D eigenvalue weighted by atomic mass is 19.1. The molecule has 3 heteroatoms. The number of phenolic OH excluding ortho intramolecular Hbond substituents is 1. The standard InChI is InChI=1S/C14H12FNO/c15-13-6-2-5-11-12(13)8-16-14(11)9-3-1-4-10(17)7-9/h1-7,14,16-17H,8H2. The number of nitrogens with one attached hydrogen (secondary N) is 1. The molecule has 86 valence electrons. The molecule has 0 bridgehead atoms. The Morgan fingerprint density at radius 1 is 1.18 bits per heavy atom. The van der Waals surface area contributed by atoms with Crippen LogP contribution in [0.15, 0.2) is 42.5 Å². The van der Waals surface area contributed by atoms with Crippen LogP contribution in [0.1, 0.15) is 22.7 Å². The molecular weight excluding hydrogens is 217 g/mol. The molecule has 1 aliphatic heterocycles. The molecule has 0 aromatic heterocycles. The number of fused-ring (bicyclic) bond motifs is 1. The zero-order valence-electron chi connectivity index (χ0n) is 9.15. The normalized spacial score (nSPS) is 18.1. The Bertz CT molecular complexity index is 568. The first-order valence-electron chi connectivity index (χ1n) is 5.55. The molecule has 1 heterocycles. The smallest absolute Gasteiger partial charge is 0.128 e. The van der Waals surface area contributed by atoms with Crippen LogP contribution in [0.3, 0.4) is 0 Å². The number of benzene rings is 2. The molecule has 2 nitrogen and oxygen atoms in total. The minimum absolute atomic E-state index is 0.0344. The molecule has 0 amide bonds. The van der Waals surface area contributed by atoms with Gasteiger partial charge in [-0.25, -0.2) is 4.39 Å². The van der Waals surface area contributed by atoms with E-state index in [-0.39, 0.29) is 17.6 Å². The number of rotatable bonds is 1. The zero-order chi connectivity index (χ0) is 11.8. The minimum Gasteiger partial charge on any atom is -0.508 e. The largest absolute Gasteiger partial charge is 0.508 e. The third kappa shape index (κ3) is 1.68. The molecule has 0 fully saturated rings. The van der Waals surface area contributed by atoms with Crippen molar-refractivity contribution in [1.82, 2.24) is 5.32 Å². The van der Waals surface area contributed by atoms with Crippen molar-refractivity contribution in [3.8, 4) is 5.75 Å². The molecule has 0 saturated carbocycles. The highest BCUT2D eigenvalue weighted by Gasteiger charge is 2.25. The van der Waals surface area contributed by atoms with E-state index in [1.807, 2.05) is 12.1 Å². The van der Waals surface area contributed by atoms with E-state index in [9.17, 15) is 9.50 Å². The van der Waals surface area contributed by atoms with Crippen LogP contribution in [0, 0.1) is 5.82 Å². The SMILES string of the molecule is Oc1cccc(C2NCc3c(F)cccc32)c1. The van der Waals surface area contributed by atoms with Crippen LogP contribution >= 0.6 is 0 Å². The highest BCUT2D eigenvalue weighted by Crippen LogP contribution is 2.33. The molecule has 2 aromatic carbocycles. The Labute approximate surface area is 98.7 Å². The molecule has 0 radical (unpaired) electrons. The maximum Gasteiger partial charge on any atom is 0.128 e. The van der Waals surface area contributed by atoms with E-state index >= 15 is 0 Å². The summed E-state index contributed by atoms with van der Waals surface area (Å²) in [5.41, 5.74) is 2.63. The highest BCUT2D eigenvalue weighted by molar-refractivity contribution is 5.43. The predicted molar refractivity (Wildman–Crippen MR) is 63.2 cm³/mol. The fourth-order valence-electron chi connectivity index (χ4n) is 2.35. The van der Waals surface area contributed by atoms with Gasteiger partial charge in [0.05, 0.1) is 6.04 Å². The van der Waals surface area contributed by atoms with Gasteiger partial charge >= 0.3 is 0 Å². The fraction of sp³-hybridized carbons (Fsp3) is 0.143. The predicted octanol–water partition coefficient (Wildman–Crippen LogP) is 2.72. The summed E-state index contributed by atoms with van der Waals surface area (Å²) >= 11 is 0. The van der Waals surface area contributed by atoms with E-state index in [0.717, 1.165) is 16.7 Å². The maximum atomic E-state index is 13.6. The van der Waals surface area contributed by atoms with E-state index in [1.54, 1.807) is 24.3 Å². The second kappa shape index (κ2) is 3.86. The molecule has 2 aromatic rings. The monoisotopic (exact) mass is 229 g/mol. The number of hydrogen-bond acceptors (Lipinski definition) is 2. The molecule has 2 N–H and O–H groups in total. The third-order valence-electron chi connectivity index (χ3n) is 3.15. The lowest BCUT2D eigenvalue weighted by Gasteiger charge is -2.12. The summed E-state index contributed by atoms with van der Waals surface area (Å²) in [5, 5.41) is 12.7. The molecular formula is C14H12FNO.